The van der Waals surface area contributed by atoms with E-state index in [1.807, 2.05) is 26.0 Å². The van der Waals surface area contributed by atoms with Gasteiger partial charge >= 0.3 is 0 Å². The van der Waals surface area contributed by atoms with Crippen LogP contribution in [0.15, 0.2) is 18.3 Å². The molecular weight excluding hydrogens is 242 g/mol. The zero-order valence-electron chi connectivity index (χ0n) is 11.3. The first-order valence-electron chi connectivity index (χ1n) is 6.16. The number of amides is 1. The molecule has 2 aromatic heterocycles. The van der Waals surface area contributed by atoms with E-state index in [9.17, 15) is 4.79 Å². The van der Waals surface area contributed by atoms with Crippen molar-refractivity contribution in [1.29, 1.82) is 0 Å². The van der Waals surface area contributed by atoms with E-state index in [1.54, 1.807) is 13.1 Å². The van der Waals surface area contributed by atoms with E-state index in [2.05, 4.69) is 25.7 Å². The number of carbonyl (C=O) groups is 1. The zero-order chi connectivity index (χ0) is 13.8. The van der Waals surface area contributed by atoms with Crippen LogP contribution in [0.1, 0.15) is 34.4 Å². The van der Waals surface area contributed by atoms with Gasteiger partial charge in [-0.2, -0.15) is 15.4 Å². The van der Waals surface area contributed by atoms with Gasteiger partial charge in [0.25, 0.3) is 5.91 Å². The van der Waals surface area contributed by atoms with E-state index in [0.29, 0.717) is 17.8 Å². The normalized spacial score (nSPS) is 12.2. The number of pyridine rings is 1. The van der Waals surface area contributed by atoms with Gasteiger partial charge in [-0.3, -0.25) is 9.78 Å². The Morgan fingerprint density at radius 1 is 1.42 bits per heavy atom. The predicted octanol–water partition coefficient (Wildman–Crippen LogP) is 1.18. The van der Waals surface area contributed by atoms with Crippen molar-refractivity contribution in [2.24, 2.45) is 0 Å². The fourth-order valence-corrected chi connectivity index (χ4v) is 1.86. The molecule has 0 unspecified atom stereocenters. The molecule has 0 saturated heterocycles. The summed E-state index contributed by atoms with van der Waals surface area (Å²) in [4.78, 5) is 16.3. The Morgan fingerprint density at radius 2 is 2.21 bits per heavy atom. The molecule has 0 radical (unpaired) electrons. The lowest BCUT2D eigenvalue weighted by atomic mass is 10.1. The number of carbonyl (C=O) groups excluding carboxylic acids is 1. The molecule has 19 heavy (non-hydrogen) atoms. The highest BCUT2D eigenvalue weighted by atomic mass is 16.2. The molecule has 100 valence electrons. The van der Waals surface area contributed by atoms with Crippen molar-refractivity contribution in [3.8, 4) is 0 Å². The molecule has 2 N–H and O–H groups in total. The smallest absolute Gasteiger partial charge is 0.273 e. The van der Waals surface area contributed by atoms with Gasteiger partial charge in [-0.25, -0.2) is 0 Å². The highest BCUT2D eigenvalue weighted by molar-refractivity contribution is 5.93. The van der Waals surface area contributed by atoms with Crippen molar-refractivity contribution in [1.82, 2.24) is 25.7 Å². The first-order chi connectivity index (χ1) is 9.08. The first kappa shape index (κ1) is 13.2. The topological polar surface area (TPSA) is 83.6 Å². The maximum absolute atomic E-state index is 12.0. The summed E-state index contributed by atoms with van der Waals surface area (Å²) in [5, 5.41) is 13.0. The number of rotatable bonds is 4. The monoisotopic (exact) mass is 259 g/mol. The molecule has 0 aromatic carbocycles. The van der Waals surface area contributed by atoms with Crippen LogP contribution in [-0.2, 0) is 6.42 Å². The first-order valence-corrected chi connectivity index (χ1v) is 6.16. The zero-order valence-corrected chi connectivity index (χ0v) is 11.3. The summed E-state index contributed by atoms with van der Waals surface area (Å²) in [5.41, 5.74) is 3.05. The third kappa shape index (κ3) is 3.15. The quantitative estimate of drug-likeness (QED) is 0.863. The van der Waals surface area contributed by atoms with E-state index >= 15 is 0 Å². The van der Waals surface area contributed by atoms with Gasteiger partial charge in [-0.05, 0) is 32.4 Å². The summed E-state index contributed by atoms with van der Waals surface area (Å²) in [6.07, 6.45) is 2.45. The van der Waals surface area contributed by atoms with E-state index in [1.165, 1.54) is 0 Å². The van der Waals surface area contributed by atoms with Gasteiger partial charge in [0.1, 0.15) is 0 Å². The fraction of sp³-hybridized carbons (Fsp3) is 0.385. The summed E-state index contributed by atoms with van der Waals surface area (Å²) in [5.74, 6) is -0.215. The number of hydrogen-bond donors (Lipinski definition) is 2. The van der Waals surface area contributed by atoms with Crippen LogP contribution in [0.4, 0.5) is 0 Å². The third-order valence-corrected chi connectivity index (χ3v) is 2.93. The Labute approximate surface area is 111 Å². The molecule has 0 saturated carbocycles. The van der Waals surface area contributed by atoms with E-state index < -0.39 is 0 Å². The molecule has 1 amide bonds. The fourth-order valence-electron chi connectivity index (χ4n) is 1.86. The number of aryl methyl sites for hydroxylation is 2. The minimum Gasteiger partial charge on any atom is -0.348 e. The second kappa shape index (κ2) is 5.60. The third-order valence-electron chi connectivity index (χ3n) is 2.93. The molecule has 6 nitrogen and oxygen atoms in total. The number of nitrogens with one attached hydrogen (secondary N) is 2. The standard InChI is InChI=1S/C13H17N5O/c1-8-5-4-6-14-11(8)7-9(2)15-13(19)12-10(3)16-18-17-12/h4-6,9H,7H2,1-3H3,(H,15,19)(H,16,17,18)/t9-/m1/s1. The maximum Gasteiger partial charge on any atom is 0.273 e. The van der Waals surface area contributed by atoms with Gasteiger partial charge in [-0.1, -0.05) is 6.07 Å². The van der Waals surface area contributed by atoms with Crippen LogP contribution in [0.2, 0.25) is 0 Å². The van der Waals surface area contributed by atoms with Crippen LogP contribution in [0.5, 0.6) is 0 Å². The molecular formula is C13H17N5O. The van der Waals surface area contributed by atoms with E-state index in [0.717, 1.165) is 11.3 Å². The molecule has 2 heterocycles. The molecule has 1 atom stereocenters. The van der Waals surface area contributed by atoms with Crippen LogP contribution in [0, 0.1) is 13.8 Å². The van der Waals surface area contributed by atoms with Gasteiger partial charge in [0.15, 0.2) is 5.69 Å². The lowest BCUT2D eigenvalue weighted by Crippen LogP contribution is -2.35. The summed E-state index contributed by atoms with van der Waals surface area (Å²) >= 11 is 0. The molecule has 0 aliphatic rings. The molecule has 0 spiro atoms. The average Bonchev–Trinajstić information content (AvgIpc) is 2.78. The lowest BCUT2D eigenvalue weighted by molar-refractivity contribution is 0.0934. The summed E-state index contributed by atoms with van der Waals surface area (Å²) < 4.78 is 0. The van der Waals surface area contributed by atoms with Crippen LogP contribution in [0.25, 0.3) is 0 Å². The molecule has 0 bridgehead atoms. The van der Waals surface area contributed by atoms with Crippen LogP contribution in [0.3, 0.4) is 0 Å². The molecule has 6 heteroatoms. The number of aromatic nitrogens is 4. The van der Waals surface area contributed by atoms with Gasteiger partial charge < -0.3 is 5.32 Å². The summed E-state index contributed by atoms with van der Waals surface area (Å²) in [7, 11) is 0. The van der Waals surface area contributed by atoms with Crippen LogP contribution < -0.4 is 5.32 Å². The molecule has 2 rings (SSSR count). The highest BCUT2D eigenvalue weighted by Crippen LogP contribution is 2.07. The predicted molar refractivity (Wildman–Crippen MR) is 70.7 cm³/mol. The Balaban J connectivity index is 1.99. The van der Waals surface area contributed by atoms with Crippen molar-refractivity contribution in [3.05, 3.63) is 41.0 Å². The molecule has 0 fully saturated rings. The van der Waals surface area contributed by atoms with Crippen LogP contribution >= 0.6 is 0 Å². The summed E-state index contributed by atoms with van der Waals surface area (Å²) in [6.45, 7) is 5.70. The minimum atomic E-state index is -0.215. The van der Waals surface area contributed by atoms with Crippen molar-refractivity contribution in [2.75, 3.05) is 0 Å². The van der Waals surface area contributed by atoms with Gasteiger partial charge in [0, 0.05) is 24.4 Å². The van der Waals surface area contributed by atoms with E-state index in [4.69, 9.17) is 0 Å². The lowest BCUT2D eigenvalue weighted by Gasteiger charge is -2.13. The van der Waals surface area contributed by atoms with Gasteiger partial charge in [0.05, 0.1) is 5.69 Å². The van der Waals surface area contributed by atoms with E-state index in [-0.39, 0.29) is 11.9 Å². The Morgan fingerprint density at radius 3 is 2.84 bits per heavy atom. The Kier molecular flexibility index (Phi) is 3.89. The van der Waals surface area contributed by atoms with Crippen molar-refractivity contribution in [2.45, 2.75) is 33.2 Å². The molecule has 0 aliphatic heterocycles. The van der Waals surface area contributed by atoms with Gasteiger partial charge in [0.2, 0.25) is 0 Å². The minimum absolute atomic E-state index is 0.0165. The number of nitrogens with zero attached hydrogens (tertiary/aromatic N) is 3. The maximum atomic E-state index is 12.0. The summed E-state index contributed by atoms with van der Waals surface area (Å²) in [6, 6.07) is 3.90. The molecule has 0 aliphatic carbocycles. The molecule has 2 aromatic rings. The second-order valence-corrected chi connectivity index (χ2v) is 4.60. The number of hydrogen-bond acceptors (Lipinski definition) is 4. The van der Waals surface area contributed by atoms with Crippen molar-refractivity contribution >= 4 is 5.91 Å². The van der Waals surface area contributed by atoms with Crippen LogP contribution in [-0.4, -0.2) is 32.3 Å². The number of H-pyrrole nitrogens is 1. The second-order valence-electron chi connectivity index (χ2n) is 4.60. The van der Waals surface area contributed by atoms with Gasteiger partial charge in [-0.15, -0.1) is 0 Å². The van der Waals surface area contributed by atoms with Crippen molar-refractivity contribution in [3.63, 3.8) is 0 Å². The van der Waals surface area contributed by atoms with Crippen molar-refractivity contribution < 1.29 is 4.79 Å². The largest absolute Gasteiger partial charge is 0.348 e. The average molecular weight is 259 g/mol. The Bertz CT molecular complexity index is 578. The number of aromatic amines is 1. The Hall–Kier alpha value is -2.24. The SMILES string of the molecule is Cc1cccnc1C[C@@H](C)NC(=O)c1n[nH]nc1C. The highest BCUT2D eigenvalue weighted by Gasteiger charge is 2.16.